The Hall–Kier alpha value is -2.22. The Morgan fingerprint density at radius 2 is 1.93 bits per heavy atom. The predicted molar refractivity (Wildman–Crippen MR) is 108 cm³/mol. The number of carbonyl (C=O) groups is 2. The largest absolute Gasteiger partial charge is 0.488 e. The van der Waals surface area contributed by atoms with Crippen molar-refractivity contribution in [3.8, 4) is 0 Å². The normalized spacial score (nSPS) is 21.7. The van der Waals surface area contributed by atoms with Gasteiger partial charge >= 0.3 is 0 Å². The van der Waals surface area contributed by atoms with Crippen molar-refractivity contribution in [2.45, 2.75) is 58.7 Å². The molecule has 1 N–H and O–H groups in total. The zero-order valence-electron chi connectivity index (χ0n) is 17.6. The topological polar surface area (TPSA) is 83.1 Å². The third-order valence-electron chi connectivity index (χ3n) is 4.58. The van der Waals surface area contributed by atoms with Crippen molar-refractivity contribution in [1.29, 1.82) is 0 Å². The van der Waals surface area contributed by atoms with E-state index < -0.39 is 18.4 Å². The number of nitrogens with one attached hydrogen (secondary N) is 1. The SMILES string of the molecule is CCCC(=O)COC1=C(C)C(COC)OC(OCc2ccccc2)C1NC(C)=O. The average Bonchev–Trinajstić information content (AvgIpc) is 2.69. The van der Waals surface area contributed by atoms with E-state index in [0.717, 1.165) is 17.6 Å². The molecule has 2 rings (SSSR count). The molecule has 0 fully saturated rings. The van der Waals surface area contributed by atoms with Gasteiger partial charge in [-0.15, -0.1) is 0 Å². The maximum atomic E-state index is 12.0. The molecule has 1 aromatic carbocycles. The molecule has 0 aliphatic carbocycles. The van der Waals surface area contributed by atoms with Crippen molar-refractivity contribution in [3.63, 3.8) is 0 Å². The van der Waals surface area contributed by atoms with Crippen LogP contribution in [-0.4, -0.2) is 50.4 Å². The number of Topliss-reactive ketones (excluding diaryl/α,β-unsaturated/α-hetero) is 1. The first-order valence-corrected chi connectivity index (χ1v) is 9.88. The Morgan fingerprint density at radius 3 is 2.55 bits per heavy atom. The molecule has 0 bridgehead atoms. The fraction of sp³-hybridized carbons (Fsp3) is 0.545. The third kappa shape index (κ3) is 6.96. The predicted octanol–water partition coefficient (Wildman–Crippen LogP) is 2.74. The zero-order valence-corrected chi connectivity index (χ0v) is 17.6. The Morgan fingerprint density at radius 1 is 1.21 bits per heavy atom. The molecule has 0 spiro atoms. The standard InChI is InChI=1S/C22H31NO6/c1-5-9-18(25)13-27-21-15(2)19(14-26-4)29-22(20(21)23-16(3)24)28-12-17-10-7-6-8-11-17/h6-8,10-11,19-20,22H,5,9,12-14H2,1-4H3,(H,23,24). The fourth-order valence-electron chi connectivity index (χ4n) is 3.14. The molecule has 0 aromatic heterocycles. The lowest BCUT2D eigenvalue weighted by atomic mass is 10.0. The Bertz CT molecular complexity index is 703. The van der Waals surface area contributed by atoms with E-state index in [0.29, 0.717) is 25.4 Å². The van der Waals surface area contributed by atoms with Gasteiger partial charge < -0.3 is 24.3 Å². The summed E-state index contributed by atoms with van der Waals surface area (Å²) in [7, 11) is 1.59. The van der Waals surface area contributed by atoms with Crippen molar-refractivity contribution in [2.75, 3.05) is 20.3 Å². The molecule has 1 heterocycles. The maximum absolute atomic E-state index is 12.0. The number of methoxy groups -OCH3 is 1. The van der Waals surface area contributed by atoms with Crippen LogP contribution in [-0.2, 0) is 35.1 Å². The van der Waals surface area contributed by atoms with Gasteiger partial charge in [0.15, 0.2) is 12.1 Å². The number of hydrogen-bond acceptors (Lipinski definition) is 6. The molecule has 0 saturated carbocycles. The minimum Gasteiger partial charge on any atom is -0.488 e. The summed E-state index contributed by atoms with van der Waals surface area (Å²) in [4.78, 5) is 23.8. The van der Waals surface area contributed by atoms with E-state index in [-0.39, 0.29) is 18.3 Å². The fourth-order valence-corrected chi connectivity index (χ4v) is 3.14. The second kappa shape index (κ2) is 11.7. The lowest BCUT2D eigenvalue weighted by Crippen LogP contribution is -2.52. The molecular weight excluding hydrogens is 374 g/mol. The Labute approximate surface area is 172 Å². The minimum absolute atomic E-state index is 0.00547. The summed E-state index contributed by atoms with van der Waals surface area (Å²) in [6.45, 7) is 5.78. The first-order chi connectivity index (χ1) is 14.0. The van der Waals surface area contributed by atoms with Crippen LogP contribution in [0.25, 0.3) is 0 Å². The molecule has 3 unspecified atom stereocenters. The van der Waals surface area contributed by atoms with Crippen LogP contribution in [0.3, 0.4) is 0 Å². The summed E-state index contributed by atoms with van der Waals surface area (Å²) in [5, 5.41) is 2.84. The van der Waals surface area contributed by atoms with E-state index in [1.54, 1.807) is 7.11 Å². The van der Waals surface area contributed by atoms with Gasteiger partial charge in [0.1, 0.15) is 24.5 Å². The van der Waals surface area contributed by atoms with E-state index in [4.69, 9.17) is 18.9 Å². The van der Waals surface area contributed by atoms with Crippen molar-refractivity contribution >= 4 is 11.7 Å². The van der Waals surface area contributed by atoms with Gasteiger partial charge in [0.05, 0.1) is 13.2 Å². The molecule has 7 nitrogen and oxygen atoms in total. The molecule has 3 atom stereocenters. The van der Waals surface area contributed by atoms with Crippen LogP contribution in [0.15, 0.2) is 41.7 Å². The molecule has 1 amide bonds. The number of benzene rings is 1. The summed E-state index contributed by atoms with van der Waals surface area (Å²) < 4.78 is 23.2. The van der Waals surface area contributed by atoms with E-state index in [1.165, 1.54) is 6.92 Å². The third-order valence-corrected chi connectivity index (χ3v) is 4.58. The summed E-state index contributed by atoms with van der Waals surface area (Å²) in [5.41, 5.74) is 1.75. The van der Waals surface area contributed by atoms with Gasteiger partial charge in [0.2, 0.25) is 5.91 Å². The second-order valence-electron chi connectivity index (χ2n) is 7.05. The van der Waals surface area contributed by atoms with E-state index in [9.17, 15) is 9.59 Å². The summed E-state index contributed by atoms with van der Waals surface area (Å²) in [6, 6.07) is 9.03. The first-order valence-electron chi connectivity index (χ1n) is 9.88. The molecule has 0 radical (unpaired) electrons. The average molecular weight is 405 g/mol. The summed E-state index contributed by atoms with van der Waals surface area (Å²) in [6.07, 6.45) is 0.0256. The van der Waals surface area contributed by atoms with E-state index in [1.807, 2.05) is 44.2 Å². The Balaban J connectivity index is 2.23. The van der Waals surface area contributed by atoms with Gasteiger partial charge in [0.25, 0.3) is 0 Å². The maximum Gasteiger partial charge on any atom is 0.217 e. The molecule has 0 saturated heterocycles. The van der Waals surface area contributed by atoms with Crippen LogP contribution in [0.1, 0.15) is 39.2 Å². The molecular formula is C22H31NO6. The van der Waals surface area contributed by atoms with Gasteiger partial charge in [-0.3, -0.25) is 9.59 Å². The smallest absolute Gasteiger partial charge is 0.217 e. The van der Waals surface area contributed by atoms with Crippen LogP contribution in [0.4, 0.5) is 0 Å². The van der Waals surface area contributed by atoms with Gasteiger partial charge in [0, 0.05) is 20.5 Å². The lowest BCUT2D eigenvalue weighted by Gasteiger charge is -2.38. The molecule has 1 aromatic rings. The highest BCUT2D eigenvalue weighted by Gasteiger charge is 2.39. The quantitative estimate of drug-likeness (QED) is 0.610. The van der Waals surface area contributed by atoms with Crippen molar-refractivity contribution in [2.24, 2.45) is 0 Å². The number of rotatable bonds is 11. The van der Waals surface area contributed by atoms with Gasteiger partial charge in [-0.05, 0) is 24.5 Å². The summed E-state index contributed by atoms with van der Waals surface area (Å²) >= 11 is 0. The van der Waals surface area contributed by atoms with Crippen LogP contribution in [0.2, 0.25) is 0 Å². The zero-order chi connectivity index (χ0) is 21.2. The van der Waals surface area contributed by atoms with Crippen LogP contribution in [0, 0.1) is 0 Å². The molecule has 1 aliphatic heterocycles. The van der Waals surface area contributed by atoms with Crippen LogP contribution < -0.4 is 5.32 Å². The van der Waals surface area contributed by atoms with E-state index >= 15 is 0 Å². The van der Waals surface area contributed by atoms with Crippen LogP contribution in [0.5, 0.6) is 0 Å². The number of carbonyl (C=O) groups excluding carboxylic acids is 2. The van der Waals surface area contributed by atoms with Gasteiger partial charge in [-0.1, -0.05) is 37.3 Å². The second-order valence-corrected chi connectivity index (χ2v) is 7.05. The van der Waals surface area contributed by atoms with E-state index in [2.05, 4.69) is 5.32 Å². The highest BCUT2D eigenvalue weighted by molar-refractivity contribution is 5.79. The highest BCUT2D eigenvalue weighted by Crippen LogP contribution is 2.29. The Kier molecular flexibility index (Phi) is 9.31. The number of ether oxygens (including phenoxy) is 4. The minimum atomic E-state index is -0.778. The highest BCUT2D eigenvalue weighted by atomic mass is 16.7. The first kappa shape index (κ1) is 23.1. The number of ketones is 1. The number of amides is 1. The van der Waals surface area contributed by atoms with Crippen molar-refractivity contribution in [1.82, 2.24) is 5.32 Å². The summed E-state index contributed by atoms with van der Waals surface area (Å²) in [5.74, 6) is 0.257. The molecule has 160 valence electrons. The van der Waals surface area contributed by atoms with Gasteiger partial charge in [-0.25, -0.2) is 0 Å². The molecule has 7 heteroatoms. The van der Waals surface area contributed by atoms with Crippen LogP contribution >= 0.6 is 0 Å². The monoisotopic (exact) mass is 405 g/mol. The van der Waals surface area contributed by atoms with Gasteiger partial charge in [-0.2, -0.15) is 0 Å². The number of hydrogen-bond donors (Lipinski definition) is 1. The van der Waals surface area contributed by atoms with Crippen molar-refractivity contribution in [3.05, 3.63) is 47.2 Å². The lowest BCUT2D eigenvalue weighted by molar-refractivity contribution is -0.202. The molecule has 29 heavy (non-hydrogen) atoms. The molecule has 1 aliphatic rings. The van der Waals surface area contributed by atoms with Crippen molar-refractivity contribution < 1.29 is 28.5 Å².